The Morgan fingerprint density at radius 2 is 1.84 bits per heavy atom. The van der Waals surface area contributed by atoms with Crippen molar-refractivity contribution in [2.45, 2.75) is 0 Å². The lowest BCUT2D eigenvalue weighted by Gasteiger charge is -2.06. The van der Waals surface area contributed by atoms with E-state index in [1.807, 2.05) is 42.5 Å². The highest BCUT2D eigenvalue weighted by Gasteiger charge is 2.11. The number of para-hydroxylation sites is 1. The van der Waals surface area contributed by atoms with Gasteiger partial charge in [0.1, 0.15) is 24.7 Å². The molecule has 128 valence electrons. The zero-order chi connectivity index (χ0) is 17.5. The molecule has 0 aliphatic rings. The van der Waals surface area contributed by atoms with E-state index in [0.717, 1.165) is 11.3 Å². The van der Waals surface area contributed by atoms with E-state index in [1.54, 1.807) is 18.2 Å². The Morgan fingerprint density at radius 1 is 1.08 bits per heavy atom. The van der Waals surface area contributed by atoms with Crippen LogP contribution in [0.15, 0.2) is 60.7 Å². The molecule has 0 spiro atoms. The van der Waals surface area contributed by atoms with E-state index in [1.165, 1.54) is 0 Å². The lowest BCUT2D eigenvalue weighted by molar-refractivity contribution is 0.0196. The largest absolute Gasteiger partial charge is 0.491 e. The second kappa shape index (κ2) is 8.32. The van der Waals surface area contributed by atoms with Crippen molar-refractivity contribution in [3.05, 3.63) is 71.4 Å². The topological polar surface area (TPSA) is 76.2 Å². The van der Waals surface area contributed by atoms with Gasteiger partial charge in [-0.05, 0) is 30.3 Å². The molecule has 3 rings (SSSR count). The van der Waals surface area contributed by atoms with E-state index in [4.69, 9.17) is 21.2 Å². The van der Waals surface area contributed by atoms with E-state index in [-0.39, 0.29) is 6.61 Å². The summed E-state index contributed by atoms with van der Waals surface area (Å²) in [7, 11) is 0. The molecule has 0 bridgehead atoms. The van der Waals surface area contributed by atoms with Gasteiger partial charge in [0.2, 0.25) is 0 Å². The standard InChI is InChI=1S/C18H16ClN3O3/c19-14-8-6-13(7-9-14)16-12-17(21-20-16)18(23)22-25-11-10-24-15-4-2-1-3-5-15/h1-9,12H,10-11H2,(H,20,21)(H,22,23). The molecule has 1 heterocycles. The highest BCUT2D eigenvalue weighted by Crippen LogP contribution is 2.20. The Bertz CT molecular complexity index is 819. The summed E-state index contributed by atoms with van der Waals surface area (Å²) in [5.74, 6) is 0.339. The molecule has 6 nitrogen and oxygen atoms in total. The van der Waals surface area contributed by atoms with Crippen LogP contribution >= 0.6 is 11.6 Å². The SMILES string of the molecule is O=C(NOCCOc1ccccc1)c1cc(-c2ccc(Cl)cc2)n[nH]1. The average molecular weight is 358 g/mol. The predicted molar refractivity (Wildman–Crippen MR) is 94.4 cm³/mol. The number of halogens is 1. The van der Waals surface area contributed by atoms with Crippen LogP contribution in [-0.2, 0) is 4.84 Å². The van der Waals surface area contributed by atoms with Crippen molar-refractivity contribution in [1.82, 2.24) is 15.7 Å². The third-order valence-electron chi connectivity index (χ3n) is 3.32. The van der Waals surface area contributed by atoms with E-state index in [0.29, 0.717) is 23.0 Å². The molecule has 0 unspecified atom stereocenters. The number of ether oxygens (including phenoxy) is 1. The Balaban J connectivity index is 1.45. The van der Waals surface area contributed by atoms with Gasteiger partial charge in [0.15, 0.2) is 0 Å². The molecule has 2 N–H and O–H groups in total. The number of amides is 1. The third kappa shape index (κ3) is 4.82. The molecular weight excluding hydrogens is 342 g/mol. The van der Waals surface area contributed by atoms with Crippen LogP contribution in [0.1, 0.15) is 10.5 Å². The van der Waals surface area contributed by atoms with Gasteiger partial charge in [-0.25, -0.2) is 5.48 Å². The van der Waals surface area contributed by atoms with E-state index in [9.17, 15) is 4.79 Å². The molecule has 7 heteroatoms. The molecule has 0 saturated carbocycles. The van der Waals surface area contributed by atoms with Gasteiger partial charge in [-0.2, -0.15) is 5.10 Å². The van der Waals surface area contributed by atoms with Crippen molar-refractivity contribution in [1.29, 1.82) is 0 Å². The number of hydrogen-bond donors (Lipinski definition) is 2. The van der Waals surface area contributed by atoms with Crippen molar-refractivity contribution in [3.8, 4) is 17.0 Å². The van der Waals surface area contributed by atoms with Gasteiger partial charge >= 0.3 is 0 Å². The number of hydroxylamine groups is 1. The lowest BCUT2D eigenvalue weighted by Crippen LogP contribution is -2.26. The minimum absolute atomic E-state index is 0.221. The zero-order valence-corrected chi connectivity index (χ0v) is 14.0. The first kappa shape index (κ1) is 17.0. The molecule has 0 aliphatic heterocycles. The average Bonchev–Trinajstić information content (AvgIpc) is 3.13. The fourth-order valence-corrected chi connectivity index (χ4v) is 2.22. The van der Waals surface area contributed by atoms with Crippen molar-refractivity contribution in [3.63, 3.8) is 0 Å². The van der Waals surface area contributed by atoms with Gasteiger partial charge in [-0.3, -0.25) is 14.7 Å². The third-order valence-corrected chi connectivity index (χ3v) is 3.58. The van der Waals surface area contributed by atoms with Crippen molar-refractivity contribution >= 4 is 17.5 Å². The molecule has 2 aromatic carbocycles. The molecule has 25 heavy (non-hydrogen) atoms. The normalized spacial score (nSPS) is 10.4. The fourth-order valence-electron chi connectivity index (χ4n) is 2.10. The minimum Gasteiger partial charge on any atom is -0.491 e. The molecule has 0 radical (unpaired) electrons. The molecule has 0 saturated heterocycles. The monoisotopic (exact) mass is 357 g/mol. The summed E-state index contributed by atoms with van der Waals surface area (Å²) >= 11 is 5.86. The van der Waals surface area contributed by atoms with Gasteiger partial charge in [0, 0.05) is 10.6 Å². The predicted octanol–water partition coefficient (Wildman–Crippen LogP) is 3.47. The first-order chi connectivity index (χ1) is 12.2. The van der Waals surface area contributed by atoms with Crippen LogP contribution in [0.3, 0.4) is 0 Å². The molecule has 0 aliphatic carbocycles. The molecule has 1 amide bonds. The van der Waals surface area contributed by atoms with Crippen molar-refractivity contribution in [2.24, 2.45) is 0 Å². The number of benzene rings is 2. The smallest absolute Gasteiger partial charge is 0.292 e. The first-order valence-electron chi connectivity index (χ1n) is 7.64. The number of aromatic nitrogens is 2. The second-order valence-electron chi connectivity index (χ2n) is 5.11. The number of carbonyl (C=O) groups excluding carboxylic acids is 1. The summed E-state index contributed by atoms with van der Waals surface area (Å²) in [6.07, 6.45) is 0. The van der Waals surface area contributed by atoms with Crippen LogP contribution in [0.4, 0.5) is 0 Å². The van der Waals surface area contributed by atoms with Crippen molar-refractivity contribution in [2.75, 3.05) is 13.2 Å². The van der Waals surface area contributed by atoms with E-state index in [2.05, 4.69) is 15.7 Å². The number of nitrogens with zero attached hydrogens (tertiary/aromatic N) is 1. The van der Waals surface area contributed by atoms with Gasteiger partial charge in [0.25, 0.3) is 5.91 Å². The Hall–Kier alpha value is -2.83. The van der Waals surface area contributed by atoms with Gasteiger partial charge in [0.05, 0.1) is 5.69 Å². The minimum atomic E-state index is -0.410. The van der Waals surface area contributed by atoms with Gasteiger partial charge in [-0.15, -0.1) is 0 Å². The van der Waals surface area contributed by atoms with Crippen LogP contribution in [-0.4, -0.2) is 29.3 Å². The van der Waals surface area contributed by atoms with Crippen molar-refractivity contribution < 1.29 is 14.4 Å². The number of rotatable bonds is 7. The van der Waals surface area contributed by atoms with Crippen LogP contribution in [0, 0.1) is 0 Å². The molecule has 0 atom stereocenters. The maximum Gasteiger partial charge on any atom is 0.292 e. The Labute approximate surface area is 149 Å². The molecule has 0 fully saturated rings. The molecular formula is C18H16ClN3O3. The van der Waals surface area contributed by atoms with E-state index >= 15 is 0 Å². The zero-order valence-electron chi connectivity index (χ0n) is 13.2. The molecule has 1 aromatic heterocycles. The number of nitrogens with one attached hydrogen (secondary N) is 2. The first-order valence-corrected chi connectivity index (χ1v) is 8.01. The van der Waals surface area contributed by atoms with Crippen LogP contribution in [0.25, 0.3) is 11.3 Å². The fraction of sp³-hybridized carbons (Fsp3) is 0.111. The van der Waals surface area contributed by atoms with Crippen LogP contribution < -0.4 is 10.2 Å². The van der Waals surface area contributed by atoms with Crippen LogP contribution in [0.2, 0.25) is 5.02 Å². The van der Waals surface area contributed by atoms with Gasteiger partial charge < -0.3 is 4.74 Å². The highest BCUT2D eigenvalue weighted by atomic mass is 35.5. The second-order valence-corrected chi connectivity index (χ2v) is 5.55. The number of H-pyrrole nitrogens is 1. The summed E-state index contributed by atoms with van der Waals surface area (Å²) in [6.45, 7) is 0.544. The Kier molecular flexibility index (Phi) is 5.66. The maximum atomic E-state index is 12.0. The summed E-state index contributed by atoms with van der Waals surface area (Å²) in [5.41, 5.74) is 4.15. The summed E-state index contributed by atoms with van der Waals surface area (Å²) < 4.78 is 5.46. The summed E-state index contributed by atoms with van der Waals surface area (Å²) in [6, 6.07) is 18.2. The highest BCUT2D eigenvalue weighted by molar-refractivity contribution is 6.30. The lowest BCUT2D eigenvalue weighted by atomic mass is 10.1. The Morgan fingerprint density at radius 3 is 2.60 bits per heavy atom. The summed E-state index contributed by atoms with van der Waals surface area (Å²) in [5, 5.41) is 7.43. The quantitative estimate of drug-likeness (QED) is 0.501. The molecule has 3 aromatic rings. The number of hydrogen-bond acceptors (Lipinski definition) is 4. The number of aromatic amines is 1. The van der Waals surface area contributed by atoms with Crippen LogP contribution in [0.5, 0.6) is 5.75 Å². The maximum absolute atomic E-state index is 12.0. The summed E-state index contributed by atoms with van der Waals surface area (Å²) in [4.78, 5) is 17.1. The van der Waals surface area contributed by atoms with Gasteiger partial charge in [-0.1, -0.05) is 41.9 Å². The van der Waals surface area contributed by atoms with E-state index < -0.39 is 5.91 Å². The number of carbonyl (C=O) groups is 1.